The van der Waals surface area contributed by atoms with Gasteiger partial charge in [0.2, 0.25) is 0 Å². The first-order chi connectivity index (χ1) is 8.41. The Labute approximate surface area is 107 Å². The van der Waals surface area contributed by atoms with E-state index in [2.05, 4.69) is 5.32 Å². The topological polar surface area (TPSA) is 66.4 Å². The van der Waals surface area contributed by atoms with Crippen LogP contribution in [-0.2, 0) is 0 Å². The van der Waals surface area contributed by atoms with Gasteiger partial charge in [-0.3, -0.25) is 4.79 Å². The van der Waals surface area contributed by atoms with E-state index >= 15 is 0 Å². The molecule has 0 heterocycles. The zero-order chi connectivity index (χ0) is 13.8. The van der Waals surface area contributed by atoms with Gasteiger partial charge in [-0.15, -0.1) is 0 Å². The molecule has 98 valence electrons. The molecule has 1 aromatic rings. The summed E-state index contributed by atoms with van der Waals surface area (Å²) < 4.78 is 0. The highest BCUT2D eigenvalue weighted by molar-refractivity contribution is 5.97. The van der Waals surface area contributed by atoms with E-state index in [-0.39, 0.29) is 17.0 Å². The normalized spacial score (nSPS) is 11.1. The maximum atomic E-state index is 12.0. The van der Waals surface area contributed by atoms with E-state index in [0.29, 0.717) is 5.56 Å². The molecule has 0 saturated heterocycles. The summed E-state index contributed by atoms with van der Waals surface area (Å²) in [7, 11) is 0. The van der Waals surface area contributed by atoms with Crippen LogP contribution in [0.3, 0.4) is 0 Å². The quantitative estimate of drug-likeness (QED) is 0.843. The van der Waals surface area contributed by atoms with E-state index in [9.17, 15) is 9.59 Å². The summed E-state index contributed by atoms with van der Waals surface area (Å²) in [5.41, 5.74) is 0.247. The van der Waals surface area contributed by atoms with E-state index in [1.807, 2.05) is 20.8 Å². The lowest BCUT2D eigenvalue weighted by atomic mass is 9.95. The number of benzene rings is 1. The van der Waals surface area contributed by atoms with Gasteiger partial charge < -0.3 is 10.4 Å². The number of hydrogen-bond acceptors (Lipinski definition) is 2. The van der Waals surface area contributed by atoms with Crippen molar-refractivity contribution in [2.75, 3.05) is 0 Å². The Bertz CT molecular complexity index is 450. The molecule has 0 atom stereocenters. The first-order valence-electron chi connectivity index (χ1n) is 6.07. The highest BCUT2D eigenvalue weighted by Crippen LogP contribution is 2.15. The Balaban J connectivity index is 2.91. The number of carboxylic acid groups (broad SMARTS) is 1. The number of rotatable bonds is 5. The minimum absolute atomic E-state index is 0.123. The summed E-state index contributed by atoms with van der Waals surface area (Å²) >= 11 is 0. The highest BCUT2D eigenvalue weighted by Gasteiger charge is 2.22. The summed E-state index contributed by atoms with van der Waals surface area (Å²) in [5, 5.41) is 11.8. The maximum absolute atomic E-state index is 12.0. The molecule has 0 radical (unpaired) electrons. The van der Waals surface area contributed by atoms with Crippen molar-refractivity contribution in [3.05, 3.63) is 35.4 Å². The Kier molecular flexibility index (Phi) is 4.48. The highest BCUT2D eigenvalue weighted by atomic mass is 16.4. The zero-order valence-corrected chi connectivity index (χ0v) is 11.0. The molecule has 4 nitrogen and oxygen atoms in total. The smallest absolute Gasteiger partial charge is 0.335 e. The molecule has 0 aliphatic heterocycles. The number of carboxylic acids is 1. The van der Waals surface area contributed by atoms with Crippen LogP contribution in [-0.4, -0.2) is 22.5 Å². The summed E-state index contributed by atoms with van der Waals surface area (Å²) in [6.07, 6.45) is 1.65. The van der Waals surface area contributed by atoms with Gasteiger partial charge in [-0.05, 0) is 38.0 Å². The molecule has 4 heteroatoms. The Morgan fingerprint density at radius 1 is 1.22 bits per heavy atom. The maximum Gasteiger partial charge on any atom is 0.335 e. The molecule has 0 aliphatic carbocycles. The third kappa shape index (κ3) is 3.32. The SMILES string of the molecule is CCC(C)(CC)NC(=O)c1cccc(C(=O)O)c1. The summed E-state index contributed by atoms with van der Waals surface area (Å²) in [4.78, 5) is 22.9. The standard InChI is InChI=1S/C14H19NO3/c1-4-14(3,5-2)15-12(16)10-7-6-8-11(9-10)13(17)18/h6-9H,4-5H2,1-3H3,(H,15,16)(H,17,18). The van der Waals surface area contributed by atoms with E-state index < -0.39 is 5.97 Å². The number of nitrogens with one attached hydrogen (secondary N) is 1. The van der Waals surface area contributed by atoms with Crippen LogP contribution in [0.2, 0.25) is 0 Å². The van der Waals surface area contributed by atoms with Crippen molar-refractivity contribution in [2.24, 2.45) is 0 Å². The van der Waals surface area contributed by atoms with E-state index in [1.165, 1.54) is 12.1 Å². The summed E-state index contributed by atoms with van der Waals surface area (Å²) in [5.74, 6) is -1.26. The molecule has 1 aromatic carbocycles. The van der Waals surface area contributed by atoms with E-state index in [0.717, 1.165) is 12.8 Å². The van der Waals surface area contributed by atoms with Crippen molar-refractivity contribution in [1.29, 1.82) is 0 Å². The van der Waals surface area contributed by atoms with Crippen LogP contribution in [0, 0.1) is 0 Å². The van der Waals surface area contributed by atoms with Crippen LogP contribution in [0.4, 0.5) is 0 Å². The van der Waals surface area contributed by atoms with Gasteiger partial charge in [0.1, 0.15) is 0 Å². The van der Waals surface area contributed by atoms with E-state index in [4.69, 9.17) is 5.11 Å². The largest absolute Gasteiger partial charge is 0.478 e. The van der Waals surface area contributed by atoms with Crippen LogP contribution in [0.25, 0.3) is 0 Å². The van der Waals surface area contributed by atoms with Gasteiger partial charge in [-0.2, -0.15) is 0 Å². The fraction of sp³-hybridized carbons (Fsp3) is 0.429. The van der Waals surface area contributed by atoms with Crippen LogP contribution in [0.5, 0.6) is 0 Å². The minimum atomic E-state index is -1.03. The average Bonchev–Trinajstić information content (AvgIpc) is 2.38. The number of carbonyl (C=O) groups excluding carboxylic acids is 1. The zero-order valence-electron chi connectivity index (χ0n) is 11.0. The lowest BCUT2D eigenvalue weighted by molar-refractivity contribution is 0.0697. The van der Waals surface area contributed by atoms with Gasteiger partial charge in [0.25, 0.3) is 5.91 Å². The predicted octanol–water partition coefficient (Wildman–Crippen LogP) is 2.69. The minimum Gasteiger partial charge on any atom is -0.478 e. The molecule has 0 bridgehead atoms. The lowest BCUT2D eigenvalue weighted by Gasteiger charge is -2.28. The first kappa shape index (κ1) is 14.2. The third-order valence-electron chi connectivity index (χ3n) is 3.35. The number of hydrogen-bond donors (Lipinski definition) is 2. The molecule has 18 heavy (non-hydrogen) atoms. The number of aromatic carboxylic acids is 1. The van der Waals surface area contributed by atoms with Gasteiger partial charge in [0, 0.05) is 11.1 Å². The van der Waals surface area contributed by atoms with Gasteiger partial charge in [0.15, 0.2) is 0 Å². The van der Waals surface area contributed by atoms with Crippen molar-refractivity contribution in [1.82, 2.24) is 5.32 Å². The van der Waals surface area contributed by atoms with Crippen LogP contribution in [0.1, 0.15) is 54.3 Å². The molecule has 1 amide bonds. The fourth-order valence-corrected chi connectivity index (χ4v) is 1.57. The molecule has 1 rings (SSSR count). The van der Waals surface area contributed by atoms with Crippen LogP contribution >= 0.6 is 0 Å². The van der Waals surface area contributed by atoms with Crippen LogP contribution < -0.4 is 5.32 Å². The number of amides is 1. The van der Waals surface area contributed by atoms with Gasteiger partial charge >= 0.3 is 5.97 Å². The van der Waals surface area contributed by atoms with Crippen molar-refractivity contribution < 1.29 is 14.7 Å². The first-order valence-corrected chi connectivity index (χ1v) is 6.07. The van der Waals surface area contributed by atoms with Crippen molar-refractivity contribution >= 4 is 11.9 Å². The van der Waals surface area contributed by atoms with Crippen molar-refractivity contribution in [3.8, 4) is 0 Å². The second-order valence-electron chi connectivity index (χ2n) is 4.61. The molecule has 2 N–H and O–H groups in total. The van der Waals surface area contributed by atoms with Gasteiger partial charge in [-0.1, -0.05) is 19.9 Å². The predicted molar refractivity (Wildman–Crippen MR) is 69.9 cm³/mol. The molecule has 0 saturated carbocycles. The van der Waals surface area contributed by atoms with Crippen LogP contribution in [0.15, 0.2) is 24.3 Å². The molecule has 0 aliphatic rings. The molecular weight excluding hydrogens is 230 g/mol. The molecule has 0 aromatic heterocycles. The average molecular weight is 249 g/mol. The molecular formula is C14H19NO3. The van der Waals surface area contributed by atoms with Crippen molar-refractivity contribution in [3.63, 3.8) is 0 Å². The van der Waals surface area contributed by atoms with Crippen molar-refractivity contribution in [2.45, 2.75) is 39.2 Å². The van der Waals surface area contributed by atoms with Gasteiger partial charge in [0.05, 0.1) is 5.56 Å². The third-order valence-corrected chi connectivity index (χ3v) is 3.35. The lowest BCUT2D eigenvalue weighted by Crippen LogP contribution is -2.44. The second kappa shape index (κ2) is 5.67. The molecule has 0 fully saturated rings. The van der Waals surface area contributed by atoms with E-state index in [1.54, 1.807) is 12.1 Å². The summed E-state index contributed by atoms with van der Waals surface area (Å²) in [6, 6.07) is 6.06. The molecule has 0 spiro atoms. The second-order valence-corrected chi connectivity index (χ2v) is 4.61. The molecule has 0 unspecified atom stereocenters. The monoisotopic (exact) mass is 249 g/mol. The summed E-state index contributed by atoms with van der Waals surface area (Å²) in [6.45, 7) is 6.00. The Hall–Kier alpha value is -1.84. The Morgan fingerprint density at radius 2 is 1.78 bits per heavy atom. The Morgan fingerprint density at radius 3 is 2.28 bits per heavy atom. The fourth-order valence-electron chi connectivity index (χ4n) is 1.57. The number of carbonyl (C=O) groups is 2. The van der Waals surface area contributed by atoms with Gasteiger partial charge in [-0.25, -0.2) is 4.79 Å².